The molecule has 0 aliphatic heterocycles. The molecule has 0 aliphatic rings. The predicted octanol–water partition coefficient (Wildman–Crippen LogP) is 2.43. The average Bonchev–Trinajstić information content (AvgIpc) is 2.66. The monoisotopic (exact) mass is 338 g/mol. The second-order valence-electron chi connectivity index (χ2n) is 5.92. The molecule has 2 rings (SSSR count). The van der Waals surface area contributed by atoms with Gasteiger partial charge in [0.25, 0.3) is 0 Å². The van der Waals surface area contributed by atoms with Crippen LogP contribution < -0.4 is 22.0 Å². The molecule has 0 aromatic heterocycles. The zero-order chi connectivity index (χ0) is 18.2. The van der Waals surface area contributed by atoms with Gasteiger partial charge >= 0.3 is 0 Å². The number of hydrogen-bond donors (Lipinski definition) is 3. The van der Waals surface area contributed by atoms with Crippen molar-refractivity contribution in [1.29, 1.82) is 5.26 Å². The molecule has 0 saturated carbocycles. The van der Waals surface area contributed by atoms with Crippen LogP contribution in [0, 0.1) is 11.3 Å². The zero-order valence-electron chi connectivity index (χ0n) is 14.9. The van der Waals surface area contributed by atoms with Gasteiger partial charge in [-0.2, -0.15) is 5.26 Å². The Kier molecular flexibility index (Phi) is 6.63. The third kappa shape index (κ3) is 4.21. The first-order valence-electron chi connectivity index (χ1n) is 8.44. The lowest BCUT2D eigenvalue weighted by atomic mass is 10.0. The highest BCUT2D eigenvalue weighted by molar-refractivity contribution is 5.97. The lowest BCUT2D eigenvalue weighted by Gasteiger charge is -2.35. The van der Waals surface area contributed by atoms with Gasteiger partial charge in [-0.05, 0) is 18.6 Å². The van der Waals surface area contributed by atoms with E-state index in [1.165, 1.54) is 6.20 Å². The summed E-state index contributed by atoms with van der Waals surface area (Å²) in [6.45, 7) is 3.60. The number of rotatable bonds is 8. The maximum atomic E-state index is 9.38. The van der Waals surface area contributed by atoms with Crippen molar-refractivity contribution in [2.75, 3.05) is 25.1 Å². The Balaban J connectivity index is 2.48. The Labute approximate surface area is 149 Å². The van der Waals surface area contributed by atoms with Crippen molar-refractivity contribution in [1.82, 2.24) is 10.4 Å². The zero-order valence-corrected chi connectivity index (χ0v) is 14.9. The van der Waals surface area contributed by atoms with Crippen LogP contribution >= 0.6 is 0 Å². The number of likely N-dealkylation sites (N-methyl/N-ethyl adjacent to an activating group) is 1. The average molecular weight is 338 g/mol. The summed E-state index contributed by atoms with van der Waals surface area (Å²) in [6, 6.07) is 14.2. The van der Waals surface area contributed by atoms with E-state index < -0.39 is 0 Å². The van der Waals surface area contributed by atoms with Crippen molar-refractivity contribution in [3.05, 3.63) is 53.9 Å². The number of benzene rings is 2. The smallest absolute Gasteiger partial charge is 0.0998 e. The number of fused-ring (bicyclic) bond motifs is 1. The SMILES string of the molecule is CCCCN(c1ccc(C#N)c2ccccc12)N(C)C/C(=C/N)NN. The fourth-order valence-corrected chi connectivity index (χ4v) is 2.87. The number of unbranched alkanes of at least 4 members (excludes halogenated alkanes) is 1. The first kappa shape index (κ1) is 18.6. The molecule has 6 nitrogen and oxygen atoms in total. The van der Waals surface area contributed by atoms with Gasteiger partial charge in [0.15, 0.2) is 0 Å². The van der Waals surface area contributed by atoms with Gasteiger partial charge < -0.3 is 16.2 Å². The van der Waals surface area contributed by atoms with Crippen LogP contribution in [-0.4, -0.2) is 25.1 Å². The van der Waals surface area contributed by atoms with Crippen LogP contribution in [0.5, 0.6) is 0 Å². The summed E-state index contributed by atoms with van der Waals surface area (Å²) in [5, 5.41) is 15.7. The molecule has 0 fully saturated rings. The quantitative estimate of drug-likeness (QED) is 0.505. The molecule has 0 heterocycles. The van der Waals surface area contributed by atoms with E-state index in [0.717, 1.165) is 41.5 Å². The second-order valence-corrected chi connectivity index (χ2v) is 5.92. The van der Waals surface area contributed by atoms with Gasteiger partial charge in [0, 0.05) is 30.6 Å². The van der Waals surface area contributed by atoms with Crippen LogP contribution in [-0.2, 0) is 0 Å². The molecule has 132 valence electrons. The fourth-order valence-electron chi connectivity index (χ4n) is 2.87. The summed E-state index contributed by atoms with van der Waals surface area (Å²) in [5.41, 5.74) is 10.7. The van der Waals surface area contributed by atoms with Crippen molar-refractivity contribution in [3.63, 3.8) is 0 Å². The largest absolute Gasteiger partial charge is 0.403 e. The fraction of sp³-hybridized carbons (Fsp3) is 0.316. The summed E-state index contributed by atoms with van der Waals surface area (Å²) in [4.78, 5) is 0. The van der Waals surface area contributed by atoms with E-state index in [1.54, 1.807) is 0 Å². The van der Waals surface area contributed by atoms with Crippen LogP contribution in [0.15, 0.2) is 48.3 Å². The van der Waals surface area contributed by atoms with E-state index in [9.17, 15) is 5.26 Å². The van der Waals surface area contributed by atoms with E-state index in [2.05, 4.69) is 34.5 Å². The van der Waals surface area contributed by atoms with Crippen molar-refractivity contribution < 1.29 is 0 Å². The third-order valence-electron chi connectivity index (χ3n) is 4.22. The highest BCUT2D eigenvalue weighted by atomic mass is 15.6. The number of hydrazine groups is 2. The number of nitrogens with zero attached hydrogens (tertiary/aromatic N) is 3. The molecule has 2 aromatic rings. The van der Waals surface area contributed by atoms with Gasteiger partial charge in [-0.25, -0.2) is 5.01 Å². The van der Waals surface area contributed by atoms with E-state index in [4.69, 9.17) is 11.6 Å². The molecule has 0 aliphatic carbocycles. The van der Waals surface area contributed by atoms with Crippen molar-refractivity contribution in [2.24, 2.45) is 11.6 Å². The first-order chi connectivity index (χ1) is 12.2. The molecule has 2 aromatic carbocycles. The number of nitrogens with two attached hydrogens (primary N) is 2. The summed E-state index contributed by atoms with van der Waals surface area (Å²) in [6.07, 6.45) is 3.62. The van der Waals surface area contributed by atoms with Gasteiger partial charge in [0.05, 0.1) is 29.6 Å². The van der Waals surface area contributed by atoms with Gasteiger partial charge in [-0.3, -0.25) is 5.84 Å². The van der Waals surface area contributed by atoms with E-state index in [1.807, 2.05) is 37.4 Å². The Hall–Kier alpha value is -2.75. The Morgan fingerprint density at radius 3 is 2.56 bits per heavy atom. The van der Waals surface area contributed by atoms with Crippen molar-refractivity contribution in [3.8, 4) is 6.07 Å². The molecule has 0 bridgehead atoms. The summed E-state index contributed by atoms with van der Waals surface area (Å²) in [5.74, 6) is 5.52. The molecule has 0 saturated heterocycles. The minimum atomic E-state index is 0.561. The number of nitrogens with one attached hydrogen (secondary N) is 1. The van der Waals surface area contributed by atoms with E-state index >= 15 is 0 Å². The van der Waals surface area contributed by atoms with E-state index in [0.29, 0.717) is 12.1 Å². The van der Waals surface area contributed by atoms with Crippen molar-refractivity contribution in [2.45, 2.75) is 19.8 Å². The summed E-state index contributed by atoms with van der Waals surface area (Å²) in [7, 11) is 2.00. The lowest BCUT2D eigenvalue weighted by molar-refractivity contribution is 0.320. The van der Waals surface area contributed by atoms with Gasteiger partial charge in [-0.15, -0.1) is 0 Å². The van der Waals surface area contributed by atoms with Crippen LogP contribution in [0.4, 0.5) is 5.69 Å². The normalized spacial score (nSPS) is 11.6. The van der Waals surface area contributed by atoms with E-state index in [-0.39, 0.29) is 0 Å². The number of hydrogen-bond acceptors (Lipinski definition) is 6. The Morgan fingerprint density at radius 1 is 1.24 bits per heavy atom. The van der Waals surface area contributed by atoms with Gasteiger partial charge in [0.1, 0.15) is 0 Å². The molecule has 25 heavy (non-hydrogen) atoms. The maximum absolute atomic E-state index is 9.38. The molecule has 0 atom stereocenters. The molecule has 0 radical (unpaired) electrons. The molecule has 5 N–H and O–H groups in total. The summed E-state index contributed by atoms with van der Waals surface area (Å²) < 4.78 is 0. The molecular formula is C19H26N6. The molecule has 0 amide bonds. The number of anilines is 1. The lowest BCUT2D eigenvalue weighted by Crippen LogP contribution is -2.44. The van der Waals surface area contributed by atoms with Crippen LogP contribution in [0.25, 0.3) is 10.8 Å². The topological polar surface area (TPSA) is 94.3 Å². The standard InChI is InChI=1S/C19H26N6/c1-3-4-11-25(24(2)14-16(13-21)23-22)19-10-9-15(12-20)17-7-5-6-8-18(17)19/h5-10,13,23H,3-4,11,14,21-22H2,1-2H3/b16-13-. The predicted molar refractivity (Wildman–Crippen MR) is 103 cm³/mol. The third-order valence-corrected chi connectivity index (χ3v) is 4.22. The molecule has 6 heteroatoms. The van der Waals surface area contributed by atoms with Crippen LogP contribution in [0.2, 0.25) is 0 Å². The highest BCUT2D eigenvalue weighted by Crippen LogP contribution is 2.30. The van der Waals surface area contributed by atoms with Crippen LogP contribution in [0.1, 0.15) is 25.3 Å². The maximum Gasteiger partial charge on any atom is 0.0998 e. The Bertz CT molecular complexity index is 777. The highest BCUT2D eigenvalue weighted by Gasteiger charge is 2.17. The van der Waals surface area contributed by atoms with Crippen LogP contribution in [0.3, 0.4) is 0 Å². The van der Waals surface area contributed by atoms with Gasteiger partial charge in [0.2, 0.25) is 0 Å². The van der Waals surface area contributed by atoms with Crippen molar-refractivity contribution >= 4 is 16.5 Å². The Morgan fingerprint density at radius 2 is 1.96 bits per heavy atom. The second kappa shape index (κ2) is 8.92. The molecular weight excluding hydrogens is 312 g/mol. The summed E-state index contributed by atoms with van der Waals surface area (Å²) >= 11 is 0. The van der Waals surface area contributed by atoms with Gasteiger partial charge in [-0.1, -0.05) is 37.6 Å². The first-order valence-corrected chi connectivity index (χ1v) is 8.44. The molecule has 0 unspecified atom stereocenters. The minimum absolute atomic E-state index is 0.561. The number of nitriles is 1. The molecule has 0 spiro atoms. The minimum Gasteiger partial charge on any atom is -0.403 e.